The van der Waals surface area contributed by atoms with Crippen molar-refractivity contribution >= 4 is 5.91 Å². The lowest BCUT2D eigenvalue weighted by molar-refractivity contribution is -0.127. The Morgan fingerprint density at radius 3 is 3.09 bits per heavy atom. The second kappa shape index (κ2) is 2.89. The summed E-state index contributed by atoms with van der Waals surface area (Å²) in [4.78, 5) is 11.1. The third-order valence-corrected chi connectivity index (χ3v) is 1.93. The number of nitriles is 1. The second-order valence-corrected chi connectivity index (χ2v) is 2.85. The maximum atomic E-state index is 11.1. The van der Waals surface area contributed by atoms with Crippen LogP contribution in [0.2, 0.25) is 0 Å². The molecule has 4 nitrogen and oxygen atoms in total. The molecule has 4 heteroatoms. The first-order valence-electron chi connectivity index (χ1n) is 3.63. The maximum absolute atomic E-state index is 11.1. The van der Waals surface area contributed by atoms with Gasteiger partial charge in [0.1, 0.15) is 5.54 Å². The zero-order valence-electron chi connectivity index (χ0n) is 6.26. The molecule has 11 heavy (non-hydrogen) atoms. The summed E-state index contributed by atoms with van der Waals surface area (Å²) in [6.07, 6.45) is 1.59. The standard InChI is InChI=1S/C7H11N3O/c8-4-3-7(9)2-1-5-10-6(7)11/h1-3,5,9H2,(H,10,11). The van der Waals surface area contributed by atoms with Crippen LogP contribution in [0.4, 0.5) is 0 Å². The molecular formula is C7H11N3O. The lowest BCUT2D eigenvalue weighted by atomic mass is 9.88. The summed E-state index contributed by atoms with van der Waals surface area (Å²) in [6.45, 7) is 0.684. The number of nitrogens with zero attached hydrogens (tertiary/aromatic N) is 1. The number of amides is 1. The van der Waals surface area contributed by atoms with E-state index in [4.69, 9.17) is 11.0 Å². The Balaban J connectivity index is 2.66. The molecule has 1 saturated heterocycles. The molecule has 0 spiro atoms. The smallest absolute Gasteiger partial charge is 0.241 e. The second-order valence-electron chi connectivity index (χ2n) is 2.85. The minimum atomic E-state index is -0.924. The Kier molecular flexibility index (Phi) is 2.11. The number of carbonyl (C=O) groups excluding carboxylic acids is 1. The van der Waals surface area contributed by atoms with E-state index in [9.17, 15) is 4.79 Å². The van der Waals surface area contributed by atoms with Crippen molar-refractivity contribution in [3.05, 3.63) is 0 Å². The average molecular weight is 153 g/mol. The monoisotopic (exact) mass is 153 g/mol. The van der Waals surface area contributed by atoms with Crippen LogP contribution in [-0.2, 0) is 4.79 Å². The fourth-order valence-electron chi connectivity index (χ4n) is 1.21. The predicted molar refractivity (Wildman–Crippen MR) is 39.4 cm³/mol. The number of hydrogen-bond donors (Lipinski definition) is 2. The van der Waals surface area contributed by atoms with E-state index in [0.29, 0.717) is 13.0 Å². The molecule has 1 fully saturated rings. The van der Waals surface area contributed by atoms with E-state index in [1.54, 1.807) is 0 Å². The number of hydrogen-bond acceptors (Lipinski definition) is 3. The molecular weight excluding hydrogens is 142 g/mol. The van der Waals surface area contributed by atoms with E-state index in [1.165, 1.54) is 0 Å². The molecule has 1 atom stereocenters. The lowest BCUT2D eigenvalue weighted by Crippen LogP contribution is -2.57. The summed E-state index contributed by atoms with van der Waals surface area (Å²) >= 11 is 0. The van der Waals surface area contributed by atoms with Gasteiger partial charge in [-0.15, -0.1) is 0 Å². The van der Waals surface area contributed by atoms with E-state index >= 15 is 0 Å². The van der Waals surface area contributed by atoms with Crippen molar-refractivity contribution in [2.24, 2.45) is 5.73 Å². The zero-order chi connectivity index (χ0) is 8.32. The summed E-state index contributed by atoms with van der Waals surface area (Å²) in [5.74, 6) is -0.190. The summed E-state index contributed by atoms with van der Waals surface area (Å²) in [6, 6.07) is 1.92. The van der Waals surface area contributed by atoms with Gasteiger partial charge in [0.15, 0.2) is 0 Å². The van der Waals surface area contributed by atoms with Gasteiger partial charge in [0.05, 0.1) is 12.5 Å². The van der Waals surface area contributed by atoms with Gasteiger partial charge in [-0.2, -0.15) is 5.26 Å². The van der Waals surface area contributed by atoms with Gasteiger partial charge in [-0.25, -0.2) is 0 Å². The summed E-state index contributed by atoms with van der Waals surface area (Å²) in [7, 11) is 0. The Bertz CT molecular complexity index is 208. The van der Waals surface area contributed by atoms with Gasteiger partial charge in [0.2, 0.25) is 5.91 Å². The first-order chi connectivity index (χ1) is 5.19. The molecule has 0 aromatic carbocycles. The zero-order valence-corrected chi connectivity index (χ0v) is 6.26. The van der Waals surface area contributed by atoms with Crippen molar-refractivity contribution in [3.8, 4) is 6.07 Å². The number of nitrogens with two attached hydrogens (primary N) is 1. The van der Waals surface area contributed by atoms with Crippen molar-refractivity contribution in [2.45, 2.75) is 24.8 Å². The lowest BCUT2D eigenvalue weighted by Gasteiger charge is -2.29. The first-order valence-corrected chi connectivity index (χ1v) is 3.63. The average Bonchev–Trinajstić information content (AvgIpc) is 1.96. The minimum absolute atomic E-state index is 0.110. The molecule has 1 rings (SSSR count). The summed E-state index contributed by atoms with van der Waals surface area (Å²) in [5.41, 5.74) is 4.75. The maximum Gasteiger partial charge on any atom is 0.241 e. The van der Waals surface area contributed by atoms with Crippen LogP contribution in [0.3, 0.4) is 0 Å². The van der Waals surface area contributed by atoms with Gasteiger partial charge >= 0.3 is 0 Å². The van der Waals surface area contributed by atoms with Crippen LogP contribution in [0.1, 0.15) is 19.3 Å². The molecule has 1 amide bonds. The van der Waals surface area contributed by atoms with Gasteiger partial charge in [0.25, 0.3) is 0 Å². The molecule has 0 radical (unpaired) electrons. The highest BCUT2D eigenvalue weighted by Crippen LogP contribution is 2.17. The molecule has 0 aromatic rings. The van der Waals surface area contributed by atoms with Crippen LogP contribution < -0.4 is 11.1 Å². The van der Waals surface area contributed by atoms with E-state index in [2.05, 4.69) is 5.32 Å². The fraction of sp³-hybridized carbons (Fsp3) is 0.714. The molecule has 0 aromatic heterocycles. The normalized spacial score (nSPS) is 30.7. The van der Waals surface area contributed by atoms with Gasteiger partial charge < -0.3 is 11.1 Å². The molecule has 1 unspecified atom stereocenters. The Labute approximate surface area is 65.4 Å². The predicted octanol–water partition coefficient (Wildman–Crippen LogP) is -0.492. The summed E-state index contributed by atoms with van der Waals surface area (Å²) < 4.78 is 0. The molecule has 1 aliphatic heterocycles. The molecule has 3 N–H and O–H groups in total. The van der Waals surface area contributed by atoms with E-state index in [0.717, 1.165) is 6.42 Å². The molecule has 0 bridgehead atoms. The summed E-state index contributed by atoms with van der Waals surface area (Å²) in [5, 5.41) is 11.0. The Morgan fingerprint density at radius 1 is 1.82 bits per heavy atom. The van der Waals surface area contributed by atoms with E-state index in [-0.39, 0.29) is 12.3 Å². The highest BCUT2D eigenvalue weighted by Gasteiger charge is 2.35. The van der Waals surface area contributed by atoms with Gasteiger partial charge in [0, 0.05) is 6.54 Å². The Hall–Kier alpha value is -1.08. The third-order valence-electron chi connectivity index (χ3n) is 1.93. The van der Waals surface area contributed by atoms with Gasteiger partial charge in [-0.3, -0.25) is 4.79 Å². The highest BCUT2D eigenvalue weighted by atomic mass is 16.2. The van der Waals surface area contributed by atoms with Crippen LogP contribution in [0.25, 0.3) is 0 Å². The van der Waals surface area contributed by atoms with Crippen molar-refractivity contribution in [1.29, 1.82) is 5.26 Å². The van der Waals surface area contributed by atoms with E-state index < -0.39 is 5.54 Å². The minimum Gasteiger partial charge on any atom is -0.354 e. The quantitative estimate of drug-likeness (QED) is 0.533. The number of carbonyl (C=O) groups is 1. The molecule has 0 saturated carbocycles. The van der Waals surface area contributed by atoms with Gasteiger partial charge in [-0.1, -0.05) is 0 Å². The van der Waals surface area contributed by atoms with Crippen molar-refractivity contribution < 1.29 is 4.79 Å². The molecule has 1 heterocycles. The fourth-order valence-corrected chi connectivity index (χ4v) is 1.21. The number of rotatable bonds is 1. The number of nitrogens with one attached hydrogen (secondary N) is 1. The topological polar surface area (TPSA) is 78.9 Å². The van der Waals surface area contributed by atoms with Gasteiger partial charge in [-0.05, 0) is 12.8 Å². The molecule has 60 valence electrons. The van der Waals surface area contributed by atoms with Crippen LogP contribution >= 0.6 is 0 Å². The molecule has 1 aliphatic rings. The van der Waals surface area contributed by atoms with Crippen molar-refractivity contribution in [1.82, 2.24) is 5.32 Å². The Morgan fingerprint density at radius 2 is 2.55 bits per heavy atom. The molecule has 0 aliphatic carbocycles. The highest BCUT2D eigenvalue weighted by molar-refractivity contribution is 5.87. The van der Waals surface area contributed by atoms with Crippen LogP contribution in [0, 0.1) is 11.3 Å². The van der Waals surface area contributed by atoms with E-state index in [1.807, 2.05) is 6.07 Å². The van der Waals surface area contributed by atoms with Crippen LogP contribution in [0.15, 0.2) is 0 Å². The van der Waals surface area contributed by atoms with Crippen LogP contribution in [-0.4, -0.2) is 18.0 Å². The van der Waals surface area contributed by atoms with Crippen molar-refractivity contribution in [2.75, 3.05) is 6.54 Å². The van der Waals surface area contributed by atoms with Crippen LogP contribution in [0.5, 0.6) is 0 Å². The first kappa shape index (κ1) is 8.02. The third kappa shape index (κ3) is 1.49. The largest absolute Gasteiger partial charge is 0.354 e. The number of piperidine rings is 1. The van der Waals surface area contributed by atoms with Crippen molar-refractivity contribution in [3.63, 3.8) is 0 Å². The SMILES string of the molecule is N#CCC1(N)CCCNC1=O.